The summed E-state index contributed by atoms with van der Waals surface area (Å²) in [4.78, 5) is 28.3. The van der Waals surface area contributed by atoms with Crippen LogP contribution in [0.15, 0.2) is 18.2 Å². The van der Waals surface area contributed by atoms with Gasteiger partial charge in [0.25, 0.3) is 0 Å². The van der Waals surface area contributed by atoms with Crippen LogP contribution < -0.4 is 11.0 Å². The molecular weight excluding hydrogens is 233 g/mol. The van der Waals surface area contributed by atoms with Crippen LogP contribution in [-0.2, 0) is 15.8 Å². The molecule has 1 rings (SSSR count). The number of rotatable bonds is 4. The lowest BCUT2D eigenvalue weighted by atomic mass is 10.1. The minimum absolute atomic E-state index is 0.0375. The zero-order valence-electron chi connectivity index (χ0n) is 8.20. The van der Waals surface area contributed by atoms with Gasteiger partial charge in [-0.15, -0.1) is 0 Å². The van der Waals surface area contributed by atoms with Crippen LogP contribution in [0, 0.1) is 0 Å². The van der Waals surface area contributed by atoms with E-state index in [-0.39, 0.29) is 23.0 Å². The zero-order valence-corrected chi connectivity index (χ0v) is 9.09. The second-order valence-electron chi connectivity index (χ2n) is 3.29. The lowest BCUT2D eigenvalue weighted by molar-refractivity contribution is 0.386. The van der Waals surface area contributed by atoms with Gasteiger partial charge in [0.05, 0.1) is 11.3 Å². The van der Waals surface area contributed by atoms with Crippen molar-refractivity contribution >= 4 is 19.2 Å². The molecule has 1 aromatic rings. The van der Waals surface area contributed by atoms with Crippen LogP contribution in [0.4, 0.5) is 0 Å². The standard InChI is InChI=1S/C9H11NO5P/c10-7(5-11)3-6-1-2-8(12)4-9(6)16(13,14)15/h1-2,4,7,12H,3,10H2,(H2,13,14,15)/t7-/m0/s1. The summed E-state index contributed by atoms with van der Waals surface area (Å²) in [6.45, 7) is 0. The maximum absolute atomic E-state index is 11.1. The monoisotopic (exact) mass is 244 g/mol. The van der Waals surface area contributed by atoms with Crippen LogP contribution in [0.5, 0.6) is 5.75 Å². The Kier molecular flexibility index (Phi) is 3.83. The molecule has 1 atom stereocenters. The Morgan fingerprint density at radius 1 is 1.44 bits per heavy atom. The van der Waals surface area contributed by atoms with Crippen molar-refractivity contribution in [3.8, 4) is 5.75 Å². The van der Waals surface area contributed by atoms with Gasteiger partial charge in [0.1, 0.15) is 5.75 Å². The number of phenols is 1. The lowest BCUT2D eigenvalue weighted by Crippen LogP contribution is -2.27. The summed E-state index contributed by atoms with van der Waals surface area (Å²) in [7, 11) is -4.49. The second-order valence-corrected chi connectivity index (χ2v) is 4.86. The summed E-state index contributed by atoms with van der Waals surface area (Å²) < 4.78 is 11.1. The minimum Gasteiger partial charge on any atom is -0.508 e. The molecule has 6 nitrogen and oxygen atoms in total. The van der Waals surface area contributed by atoms with Crippen molar-refractivity contribution in [2.75, 3.05) is 0 Å². The summed E-state index contributed by atoms with van der Waals surface area (Å²) in [5.74, 6) is -0.259. The van der Waals surface area contributed by atoms with E-state index >= 15 is 0 Å². The van der Waals surface area contributed by atoms with E-state index in [0.717, 1.165) is 6.07 Å². The van der Waals surface area contributed by atoms with Crippen LogP contribution in [0.3, 0.4) is 0 Å². The van der Waals surface area contributed by atoms with Crippen LogP contribution in [-0.4, -0.2) is 27.2 Å². The van der Waals surface area contributed by atoms with Gasteiger partial charge in [0, 0.05) is 0 Å². The Bertz CT molecular complexity index is 442. The van der Waals surface area contributed by atoms with Crippen molar-refractivity contribution in [3.05, 3.63) is 23.8 Å². The summed E-state index contributed by atoms with van der Waals surface area (Å²) in [6.07, 6.45) is 1.48. The van der Waals surface area contributed by atoms with E-state index in [0.29, 0.717) is 0 Å². The second kappa shape index (κ2) is 4.76. The first-order chi connectivity index (χ1) is 7.34. The first-order valence-electron chi connectivity index (χ1n) is 4.36. The predicted octanol–water partition coefficient (Wildman–Crippen LogP) is -0.825. The summed E-state index contributed by atoms with van der Waals surface area (Å²) in [5, 5.41) is 8.82. The summed E-state index contributed by atoms with van der Waals surface area (Å²) in [5.41, 5.74) is 5.54. The van der Waals surface area contributed by atoms with Gasteiger partial charge in [0.2, 0.25) is 6.29 Å². The molecule has 0 amide bonds. The highest BCUT2D eigenvalue weighted by Crippen LogP contribution is 2.36. The van der Waals surface area contributed by atoms with Gasteiger partial charge in [-0.1, -0.05) is 6.07 Å². The molecule has 1 aromatic carbocycles. The van der Waals surface area contributed by atoms with E-state index in [1.807, 2.05) is 0 Å². The highest BCUT2D eigenvalue weighted by molar-refractivity contribution is 7.60. The van der Waals surface area contributed by atoms with Gasteiger partial charge in [-0.2, -0.15) is 0 Å². The van der Waals surface area contributed by atoms with E-state index in [9.17, 15) is 9.36 Å². The number of aromatic hydroxyl groups is 1. The maximum atomic E-state index is 11.1. The molecule has 0 aliphatic heterocycles. The molecule has 0 aromatic heterocycles. The highest BCUT2D eigenvalue weighted by atomic mass is 31.2. The number of carbonyl (C=O) groups excluding carboxylic acids is 1. The molecule has 0 fully saturated rings. The fraction of sp³-hybridized carbons (Fsp3) is 0.222. The SMILES string of the molecule is N[C@H]([C]=O)Cc1ccc(O)cc1P(=O)(O)O. The van der Waals surface area contributed by atoms with Crippen LogP contribution >= 0.6 is 7.60 Å². The zero-order chi connectivity index (χ0) is 12.3. The van der Waals surface area contributed by atoms with Gasteiger partial charge in [0.15, 0.2) is 0 Å². The summed E-state index contributed by atoms with van der Waals surface area (Å²) in [6, 6.07) is 2.61. The number of benzene rings is 1. The van der Waals surface area contributed by atoms with Crippen molar-refractivity contribution in [1.82, 2.24) is 0 Å². The molecule has 0 saturated heterocycles. The quantitative estimate of drug-likeness (QED) is 0.513. The van der Waals surface area contributed by atoms with E-state index in [4.69, 9.17) is 20.6 Å². The first kappa shape index (κ1) is 12.9. The van der Waals surface area contributed by atoms with Crippen molar-refractivity contribution in [2.24, 2.45) is 5.73 Å². The van der Waals surface area contributed by atoms with E-state index in [1.54, 1.807) is 0 Å². The van der Waals surface area contributed by atoms with Gasteiger partial charge in [-0.05, 0) is 24.1 Å². The smallest absolute Gasteiger partial charge is 0.356 e. The highest BCUT2D eigenvalue weighted by Gasteiger charge is 2.23. The van der Waals surface area contributed by atoms with Gasteiger partial charge in [-0.3, -0.25) is 9.36 Å². The number of hydrogen-bond donors (Lipinski definition) is 4. The van der Waals surface area contributed by atoms with Crippen LogP contribution in [0.2, 0.25) is 0 Å². The van der Waals surface area contributed by atoms with Crippen molar-refractivity contribution in [2.45, 2.75) is 12.5 Å². The molecule has 7 heteroatoms. The predicted molar refractivity (Wildman–Crippen MR) is 57.2 cm³/mol. The molecule has 0 heterocycles. The topological polar surface area (TPSA) is 121 Å². The first-order valence-corrected chi connectivity index (χ1v) is 5.97. The fourth-order valence-corrected chi connectivity index (χ4v) is 2.12. The van der Waals surface area contributed by atoms with Gasteiger partial charge >= 0.3 is 7.60 Å². The molecule has 0 unspecified atom stereocenters. The maximum Gasteiger partial charge on any atom is 0.356 e. The number of phenolic OH excluding ortho intramolecular Hbond substituents is 1. The third-order valence-electron chi connectivity index (χ3n) is 1.97. The molecule has 0 bridgehead atoms. The third-order valence-corrected chi connectivity index (χ3v) is 3.02. The Morgan fingerprint density at radius 2 is 2.06 bits per heavy atom. The Balaban J connectivity index is 3.18. The molecule has 0 aliphatic rings. The molecule has 1 radical (unpaired) electrons. The number of hydrogen-bond acceptors (Lipinski definition) is 4. The molecule has 16 heavy (non-hydrogen) atoms. The van der Waals surface area contributed by atoms with Crippen molar-refractivity contribution in [3.63, 3.8) is 0 Å². The Labute approximate surface area is 91.9 Å². The Morgan fingerprint density at radius 3 is 2.56 bits per heavy atom. The molecular formula is C9H11NO5P. The van der Waals surface area contributed by atoms with Gasteiger partial charge < -0.3 is 20.6 Å². The fourth-order valence-electron chi connectivity index (χ4n) is 1.27. The molecule has 0 spiro atoms. The van der Waals surface area contributed by atoms with Crippen molar-refractivity contribution < 1.29 is 24.3 Å². The third kappa shape index (κ3) is 3.15. The molecule has 0 saturated carbocycles. The average molecular weight is 244 g/mol. The van der Waals surface area contributed by atoms with E-state index < -0.39 is 13.6 Å². The molecule has 0 aliphatic carbocycles. The van der Waals surface area contributed by atoms with Crippen LogP contribution in [0.1, 0.15) is 5.56 Å². The Hall–Kier alpha value is -1.20. The normalized spacial score (nSPS) is 13.4. The minimum atomic E-state index is -4.49. The largest absolute Gasteiger partial charge is 0.508 e. The van der Waals surface area contributed by atoms with E-state index in [2.05, 4.69) is 0 Å². The van der Waals surface area contributed by atoms with Crippen LogP contribution in [0.25, 0.3) is 0 Å². The van der Waals surface area contributed by atoms with Crippen molar-refractivity contribution in [1.29, 1.82) is 0 Å². The average Bonchev–Trinajstić information content (AvgIpc) is 2.19. The molecule has 5 N–H and O–H groups in total. The lowest BCUT2D eigenvalue weighted by Gasteiger charge is -2.12. The molecule has 87 valence electrons. The number of nitrogens with two attached hydrogens (primary N) is 1. The van der Waals surface area contributed by atoms with E-state index in [1.165, 1.54) is 18.4 Å². The summed E-state index contributed by atoms with van der Waals surface area (Å²) >= 11 is 0. The van der Waals surface area contributed by atoms with Gasteiger partial charge in [-0.25, -0.2) is 0 Å².